The SMILES string of the molecule is COc1cccc(CCc2ccc(OCCOCCOCCOCCOCCOCCO)c(OC)c2)c1. The molecule has 0 heterocycles. The van der Waals surface area contributed by atoms with E-state index in [2.05, 4.69) is 18.2 Å². The van der Waals surface area contributed by atoms with Crippen LogP contribution in [0.5, 0.6) is 17.2 Å². The molecule has 2 aromatic rings. The van der Waals surface area contributed by atoms with E-state index in [0.29, 0.717) is 84.2 Å². The molecule has 2 rings (SSSR count). The molecule has 0 amide bonds. The maximum Gasteiger partial charge on any atom is 0.161 e. The highest BCUT2D eigenvalue weighted by Crippen LogP contribution is 2.28. The normalized spacial score (nSPS) is 11.0. The molecule has 0 fully saturated rings. The van der Waals surface area contributed by atoms with Crippen molar-refractivity contribution in [2.75, 3.05) is 93.5 Å². The lowest BCUT2D eigenvalue weighted by Gasteiger charge is -2.13. The molecule has 0 radical (unpaired) electrons. The number of benzene rings is 2. The zero-order valence-electron chi connectivity index (χ0n) is 22.2. The second-order valence-corrected chi connectivity index (χ2v) is 7.97. The minimum atomic E-state index is 0.0268. The molecule has 0 atom stereocenters. The molecule has 0 spiro atoms. The standard InChI is InChI=1S/C28H42O9/c1-30-26-5-3-4-24(22-26)6-7-25-8-9-27(28(23-25)31-2)37-21-20-36-19-18-35-17-16-34-15-14-33-13-12-32-11-10-29/h3-5,8-9,22-23,29H,6-7,10-21H2,1-2H3. The van der Waals surface area contributed by atoms with Crippen molar-refractivity contribution in [3.8, 4) is 17.2 Å². The molecular weight excluding hydrogens is 480 g/mol. The Kier molecular flexibility index (Phi) is 17.2. The van der Waals surface area contributed by atoms with Crippen LogP contribution in [-0.4, -0.2) is 98.6 Å². The first kappa shape index (κ1) is 30.8. The molecule has 0 aromatic heterocycles. The number of hydrogen-bond donors (Lipinski definition) is 1. The Morgan fingerprint density at radius 1 is 0.541 bits per heavy atom. The molecule has 9 nitrogen and oxygen atoms in total. The average molecular weight is 523 g/mol. The first-order chi connectivity index (χ1) is 18.3. The molecule has 0 saturated heterocycles. The molecular formula is C28H42O9. The van der Waals surface area contributed by atoms with E-state index < -0.39 is 0 Å². The summed E-state index contributed by atoms with van der Waals surface area (Å²) in [4.78, 5) is 0. The fourth-order valence-electron chi connectivity index (χ4n) is 3.36. The first-order valence-electron chi connectivity index (χ1n) is 12.7. The molecule has 2 aromatic carbocycles. The van der Waals surface area contributed by atoms with Crippen molar-refractivity contribution in [1.82, 2.24) is 0 Å². The summed E-state index contributed by atoms with van der Waals surface area (Å²) in [5.74, 6) is 2.29. The van der Waals surface area contributed by atoms with Crippen LogP contribution in [0.25, 0.3) is 0 Å². The van der Waals surface area contributed by atoms with E-state index in [1.54, 1.807) is 14.2 Å². The van der Waals surface area contributed by atoms with Crippen LogP contribution in [-0.2, 0) is 36.5 Å². The van der Waals surface area contributed by atoms with Crippen molar-refractivity contribution in [3.63, 3.8) is 0 Å². The van der Waals surface area contributed by atoms with Crippen molar-refractivity contribution in [1.29, 1.82) is 0 Å². The number of rotatable bonds is 23. The molecule has 0 aliphatic rings. The second kappa shape index (κ2) is 20.6. The molecule has 208 valence electrons. The molecule has 0 unspecified atom stereocenters. The summed E-state index contributed by atoms with van der Waals surface area (Å²) in [6.45, 7) is 5.20. The summed E-state index contributed by atoms with van der Waals surface area (Å²) in [5, 5.41) is 8.58. The summed E-state index contributed by atoms with van der Waals surface area (Å²) >= 11 is 0. The van der Waals surface area contributed by atoms with Gasteiger partial charge in [0.1, 0.15) is 12.4 Å². The zero-order chi connectivity index (χ0) is 26.4. The third-order valence-corrected chi connectivity index (χ3v) is 5.27. The van der Waals surface area contributed by atoms with E-state index in [1.165, 1.54) is 11.1 Å². The van der Waals surface area contributed by atoms with Crippen LogP contribution in [0.2, 0.25) is 0 Å². The highest BCUT2D eigenvalue weighted by atomic mass is 16.6. The smallest absolute Gasteiger partial charge is 0.161 e. The number of methoxy groups -OCH3 is 2. The van der Waals surface area contributed by atoms with Crippen LogP contribution < -0.4 is 14.2 Å². The molecule has 37 heavy (non-hydrogen) atoms. The van der Waals surface area contributed by atoms with E-state index >= 15 is 0 Å². The Morgan fingerprint density at radius 2 is 1.08 bits per heavy atom. The van der Waals surface area contributed by atoms with Gasteiger partial charge in [0.25, 0.3) is 0 Å². The summed E-state index contributed by atoms with van der Waals surface area (Å²) in [5.41, 5.74) is 2.41. The number of aliphatic hydroxyl groups excluding tert-OH is 1. The number of ether oxygens (including phenoxy) is 8. The van der Waals surface area contributed by atoms with Gasteiger partial charge in [-0.15, -0.1) is 0 Å². The van der Waals surface area contributed by atoms with E-state index in [1.807, 2.05) is 24.3 Å². The Labute approximate surface area is 220 Å². The first-order valence-corrected chi connectivity index (χ1v) is 12.7. The largest absolute Gasteiger partial charge is 0.497 e. The second-order valence-electron chi connectivity index (χ2n) is 7.97. The lowest BCUT2D eigenvalue weighted by molar-refractivity contribution is -0.0147. The van der Waals surface area contributed by atoms with Gasteiger partial charge in [0.15, 0.2) is 11.5 Å². The number of aryl methyl sites for hydroxylation is 2. The zero-order valence-corrected chi connectivity index (χ0v) is 22.2. The van der Waals surface area contributed by atoms with E-state index in [4.69, 9.17) is 43.0 Å². The van der Waals surface area contributed by atoms with Gasteiger partial charge in [0.05, 0.1) is 86.9 Å². The summed E-state index contributed by atoms with van der Waals surface area (Å²) < 4.78 is 43.6. The van der Waals surface area contributed by atoms with Gasteiger partial charge in [-0.25, -0.2) is 0 Å². The Morgan fingerprint density at radius 3 is 1.62 bits per heavy atom. The molecule has 0 bridgehead atoms. The van der Waals surface area contributed by atoms with Crippen molar-refractivity contribution in [3.05, 3.63) is 53.6 Å². The van der Waals surface area contributed by atoms with E-state index in [0.717, 1.165) is 18.6 Å². The summed E-state index contributed by atoms with van der Waals surface area (Å²) in [7, 11) is 3.33. The molecule has 0 aliphatic carbocycles. The quantitative estimate of drug-likeness (QED) is 0.221. The van der Waals surface area contributed by atoms with Crippen molar-refractivity contribution >= 4 is 0 Å². The van der Waals surface area contributed by atoms with Gasteiger partial charge in [-0.1, -0.05) is 18.2 Å². The Balaban J connectivity index is 1.48. The van der Waals surface area contributed by atoms with E-state index in [9.17, 15) is 0 Å². The molecule has 1 N–H and O–H groups in total. The summed E-state index contributed by atoms with van der Waals surface area (Å²) in [6, 6.07) is 14.2. The maximum atomic E-state index is 8.58. The maximum absolute atomic E-state index is 8.58. The topological polar surface area (TPSA) is 94.1 Å². The van der Waals surface area contributed by atoms with Gasteiger partial charge in [-0.3, -0.25) is 0 Å². The van der Waals surface area contributed by atoms with Gasteiger partial charge < -0.3 is 43.0 Å². The van der Waals surface area contributed by atoms with Crippen LogP contribution in [0.3, 0.4) is 0 Å². The predicted octanol–water partition coefficient (Wildman–Crippen LogP) is 2.94. The van der Waals surface area contributed by atoms with Gasteiger partial charge in [-0.2, -0.15) is 0 Å². The fourth-order valence-corrected chi connectivity index (χ4v) is 3.36. The molecule has 0 aliphatic heterocycles. The summed E-state index contributed by atoms with van der Waals surface area (Å²) in [6.07, 6.45) is 1.81. The predicted molar refractivity (Wildman–Crippen MR) is 140 cm³/mol. The van der Waals surface area contributed by atoms with Gasteiger partial charge in [0.2, 0.25) is 0 Å². The van der Waals surface area contributed by atoms with Crippen LogP contribution in [0.1, 0.15) is 11.1 Å². The highest BCUT2D eigenvalue weighted by molar-refractivity contribution is 5.43. The lowest BCUT2D eigenvalue weighted by Crippen LogP contribution is -2.14. The highest BCUT2D eigenvalue weighted by Gasteiger charge is 2.07. The van der Waals surface area contributed by atoms with Gasteiger partial charge in [0, 0.05) is 0 Å². The van der Waals surface area contributed by atoms with Crippen molar-refractivity contribution in [2.45, 2.75) is 12.8 Å². The van der Waals surface area contributed by atoms with Crippen LogP contribution >= 0.6 is 0 Å². The van der Waals surface area contributed by atoms with E-state index in [-0.39, 0.29) is 6.61 Å². The minimum Gasteiger partial charge on any atom is -0.497 e. The third kappa shape index (κ3) is 14.2. The average Bonchev–Trinajstić information content (AvgIpc) is 2.94. The van der Waals surface area contributed by atoms with Gasteiger partial charge in [-0.05, 0) is 48.2 Å². The number of hydrogen-bond acceptors (Lipinski definition) is 9. The monoisotopic (exact) mass is 522 g/mol. The van der Waals surface area contributed by atoms with Crippen molar-refractivity contribution < 1.29 is 43.0 Å². The lowest BCUT2D eigenvalue weighted by atomic mass is 10.0. The minimum absolute atomic E-state index is 0.0268. The molecule has 9 heteroatoms. The third-order valence-electron chi connectivity index (χ3n) is 5.27. The number of aliphatic hydroxyl groups is 1. The van der Waals surface area contributed by atoms with Crippen LogP contribution in [0, 0.1) is 0 Å². The van der Waals surface area contributed by atoms with Crippen molar-refractivity contribution in [2.24, 2.45) is 0 Å². The van der Waals surface area contributed by atoms with Crippen LogP contribution in [0.15, 0.2) is 42.5 Å². The Bertz CT molecular complexity index is 831. The van der Waals surface area contributed by atoms with Gasteiger partial charge >= 0.3 is 0 Å². The van der Waals surface area contributed by atoms with Crippen LogP contribution in [0.4, 0.5) is 0 Å². The Hall–Kier alpha value is -2.40. The fraction of sp³-hybridized carbons (Fsp3) is 0.571. The molecule has 0 saturated carbocycles.